The molecule has 25 heavy (non-hydrogen) atoms. The monoisotopic (exact) mass is 344 g/mol. The van der Waals surface area contributed by atoms with E-state index >= 15 is 0 Å². The van der Waals surface area contributed by atoms with Crippen LogP contribution in [0.5, 0.6) is 0 Å². The van der Waals surface area contributed by atoms with Crippen molar-refractivity contribution in [3.63, 3.8) is 0 Å². The van der Waals surface area contributed by atoms with Crippen molar-refractivity contribution in [3.8, 4) is 0 Å². The van der Waals surface area contributed by atoms with E-state index in [-0.39, 0.29) is 5.91 Å². The topological polar surface area (TPSA) is 41.6 Å². The normalized spacial score (nSPS) is 23.5. The number of carbonyl (C=O) groups excluding carboxylic acids is 1. The summed E-state index contributed by atoms with van der Waals surface area (Å²) in [4.78, 5) is 15.0. The number of piperidine rings is 1. The number of hydrogen-bond donors (Lipinski definition) is 1. The highest BCUT2D eigenvalue weighted by molar-refractivity contribution is 5.77. The smallest absolute Gasteiger partial charge is 0.220 e. The van der Waals surface area contributed by atoms with E-state index in [0.29, 0.717) is 24.3 Å². The molecule has 0 bridgehead atoms. The number of rotatable bonds is 7. The van der Waals surface area contributed by atoms with Gasteiger partial charge in [0.05, 0.1) is 6.61 Å². The van der Waals surface area contributed by atoms with Gasteiger partial charge >= 0.3 is 0 Å². The van der Waals surface area contributed by atoms with Crippen molar-refractivity contribution in [2.45, 2.75) is 51.0 Å². The summed E-state index contributed by atoms with van der Waals surface area (Å²) in [5.74, 6) is 1.24. The predicted octanol–water partition coefficient (Wildman–Crippen LogP) is 3.19. The molecule has 1 N–H and O–H groups in total. The Morgan fingerprint density at radius 1 is 1.24 bits per heavy atom. The lowest BCUT2D eigenvalue weighted by molar-refractivity contribution is -0.122. The molecule has 4 nitrogen and oxygen atoms in total. The number of amides is 1. The molecule has 3 rings (SSSR count). The highest BCUT2D eigenvalue weighted by Crippen LogP contribution is 2.23. The predicted molar refractivity (Wildman–Crippen MR) is 101 cm³/mol. The molecule has 0 aliphatic carbocycles. The van der Waals surface area contributed by atoms with Crippen LogP contribution in [-0.4, -0.2) is 49.7 Å². The molecule has 138 valence electrons. The van der Waals surface area contributed by atoms with Crippen molar-refractivity contribution < 1.29 is 9.53 Å². The number of nitrogens with zero attached hydrogens (tertiary/aromatic N) is 1. The average Bonchev–Trinajstić information content (AvgIpc) is 3.15. The van der Waals surface area contributed by atoms with Crippen LogP contribution in [-0.2, 0) is 9.53 Å². The number of likely N-dealkylation sites (tertiary alicyclic amines) is 1. The van der Waals surface area contributed by atoms with Crippen LogP contribution in [0.4, 0.5) is 0 Å². The van der Waals surface area contributed by atoms with Crippen molar-refractivity contribution in [1.82, 2.24) is 10.2 Å². The van der Waals surface area contributed by atoms with Crippen LogP contribution < -0.4 is 5.32 Å². The highest BCUT2D eigenvalue weighted by atomic mass is 16.5. The Hall–Kier alpha value is -1.39. The van der Waals surface area contributed by atoms with Crippen LogP contribution in [0, 0.1) is 5.92 Å². The lowest BCUT2D eigenvalue weighted by Crippen LogP contribution is -2.46. The molecule has 2 aliphatic rings. The van der Waals surface area contributed by atoms with Crippen LogP contribution in [0.15, 0.2) is 30.3 Å². The van der Waals surface area contributed by atoms with Gasteiger partial charge in [0, 0.05) is 38.7 Å². The Balaban J connectivity index is 1.39. The van der Waals surface area contributed by atoms with Gasteiger partial charge in [-0.3, -0.25) is 4.79 Å². The fraction of sp³-hybridized carbons (Fsp3) is 0.667. The Morgan fingerprint density at radius 2 is 2.00 bits per heavy atom. The SMILES string of the molecule is CC[C@@H](CC(=O)NC1CCN(C[C@@H]2CCOC2)CC1)c1ccccc1. The minimum absolute atomic E-state index is 0.207. The molecule has 1 amide bonds. The first kappa shape index (κ1) is 18.4. The van der Waals surface area contributed by atoms with Crippen molar-refractivity contribution in [2.24, 2.45) is 5.92 Å². The standard InChI is InChI=1S/C21H32N2O2/c1-2-18(19-6-4-3-5-7-19)14-21(24)22-20-8-11-23(12-9-20)15-17-10-13-25-16-17/h3-7,17-18,20H,2,8-16H2,1H3,(H,22,24)/t17-,18-/m0/s1. The lowest BCUT2D eigenvalue weighted by atomic mass is 9.92. The number of hydrogen-bond acceptors (Lipinski definition) is 3. The minimum atomic E-state index is 0.207. The zero-order valence-corrected chi connectivity index (χ0v) is 15.5. The van der Waals surface area contributed by atoms with E-state index in [1.165, 1.54) is 12.0 Å². The zero-order chi connectivity index (χ0) is 17.5. The summed E-state index contributed by atoms with van der Waals surface area (Å²) in [6, 6.07) is 10.8. The summed E-state index contributed by atoms with van der Waals surface area (Å²) in [6.07, 6.45) is 4.94. The summed E-state index contributed by atoms with van der Waals surface area (Å²) in [5, 5.41) is 3.28. The van der Waals surface area contributed by atoms with Crippen LogP contribution >= 0.6 is 0 Å². The van der Waals surface area contributed by atoms with Gasteiger partial charge in [0.1, 0.15) is 0 Å². The van der Waals surface area contributed by atoms with Crippen LogP contribution in [0.3, 0.4) is 0 Å². The van der Waals surface area contributed by atoms with Gasteiger partial charge in [0.15, 0.2) is 0 Å². The third-order valence-electron chi connectivity index (χ3n) is 5.69. The van der Waals surface area contributed by atoms with Gasteiger partial charge in [-0.1, -0.05) is 37.3 Å². The molecule has 2 fully saturated rings. The highest BCUT2D eigenvalue weighted by Gasteiger charge is 2.25. The van der Waals surface area contributed by atoms with Crippen LogP contribution in [0.2, 0.25) is 0 Å². The summed E-state index contributed by atoms with van der Waals surface area (Å²) in [7, 11) is 0. The maximum Gasteiger partial charge on any atom is 0.220 e. The molecule has 1 aromatic carbocycles. The molecule has 0 unspecified atom stereocenters. The second-order valence-corrected chi connectivity index (χ2v) is 7.59. The molecular weight excluding hydrogens is 312 g/mol. The van der Waals surface area contributed by atoms with Crippen LogP contribution in [0.1, 0.15) is 50.5 Å². The van der Waals surface area contributed by atoms with Gasteiger partial charge in [0.25, 0.3) is 0 Å². The fourth-order valence-corrected chi connectivity index (χ4v) is 4.09. The third kappa shape index (κ3) is 5.55. The third-order valence-corrected chi connectivity index (χ3v) is 5.69. The van der Waals surface area contributed by atoms with Gasteiger partial charge in [-0.2, -0.15) is 0 Å². The maximum atomic E-state index is 12.5. The molecule has 2 heterocycles. The van der Waals surface area contributed by atoms with E-state index < -0.39 is 0 Å². The van der Waals surface area contributed by atoms with Crippen LogP contribution in [0.25, 0.3) is 0 Å². The van der Waals surface area contributed by atoms with E-state index in [4.69, 9.17) is 4.74 Å². The van der Waals surface area contributed by atoms with Gasteiger partial charge in [-0.25, -0.2) is 0 Å². The lowest BCUT2D eigenvalue weighted by Gasteiger charge is -2.33. The number of benzene rings is 1. The molecule has 0 radical (unpaired) electrons. The van der Waals surface area contributed by atoms with Crippen molar-refractivity contribution in [2.75, 3.05) is 32.8 Å². The van der Waals surface area contributed by atoms with Gasteiger partial charge in [0.2, 0.25) is 5.91 Å². The van der Waals surface area contributed by atoms with Crippen molar-refractivity contribution in [1.29, 1.82) is 0 Å². The summed E-state index contributed by atoms with van der Waals surface area (Å²) in [5.41, 5.74) is 1.27. The number of nitrogens with one attached hydrogen (secondary N) is 1. The van der Waals surface area contributed by atoms with Gasteiger partial charge in [-0.15, -0.1) is 0 Å². The van der Waals surface area contributed by atoms with E-state index in [9.17, 15) is 4.79 Å². The molecule has 4 heteroatoms. The largest absolute Gasteiger partial charge is 0.381 e. The van der Waals surface area contributed by atoms with E-state index in [2.05, 4.69) is 41.4 Å². The molecule has 0 saturated carbocycles. The molecule has 2 saturated heterocycles. The summed E-state index contributed by atoms with van der Waals surface area (Å²) >= 11 is 0. The van der Waals surface area contributed by atoms with Crippen molar-refractivity contribution in [3.05, 3.63) is 35.9 Å². The fourth-order valence-electron chi connectivity index (χ4n) is 4.09. The first-order valence-corrected chi connectivity index (χ1v) is 9.89. The maximum absolute atomic E-state index is 12.5. The van der Waals surface area contributed by atoms with Gasteiger partial charge < -0.3 is 15.0 Å². The minimum Gasteiger partial charge on any atom is -0.381 e. The van der Waals surface area contributed by atoms with E-state index in [1.54, 1.807) is 0 Å². The molecule has 2 atom stereocenters. The summed E-state index contributed by atoms with van der Waals surface area (Å²) < 4.78 is 5.47. The first-order valence-electron chi connectivity index (χ1n) is 9.89. The molecule has 1 aromatic rings. The Kier molecular flexibility index (Phi) is 6.88. The van der Waals surface area contributed by atoms with Crippen molar-refractivity contribution >= 4 is 5.91 Å². The second kappa shape index (κ2) is 9.35. The summed E-state index contributed by atoms with van der Waals surface area (Å²) in [6.45, 7) is 7.36. The second-order valence-electron chi connectivity index (χ2n) is 7.59. The van der Waals surface area contributed by atoms with E-state index in [0.717, 1.165) is 52.1 Å². The molecular formula is C21H32N2O2. The first-order chi connectivity index (χ1) is 12.2. The Labute approximate surface area is 151 Å². The quantitative estimate of drug-likeness (QED) is 0.826. The average molecular weight is 344 g/mol. The van der Waals surface area contributed by atoms with E-state index in [1.807, 2.05) is 6.07 Å². The molecule has 0 spiro atoms. The molecule has 2 aliphatic heterocycles. The number of carbonyl (C=O) groups is 1. The zero-order valence-electron chi connectivity index (χ0n) is 15.5. The Morgan fingerprint density at radius 3 is 2.64 bits per heavy atom. The Bertz CT molecular complexity index is 520. The van der Waals surface area contributed by atoms with Gasteiger partial charge in [-0.05, 0) is 43.1 Å². The molecule has 0 aromatic heterocycles. The number of ether oxygens (including phenoxy) is 1.